The molecule has 248 valence electrons. The monoisotopic (exact) mass is 662 g/mol. The van der Waals surface area contributed by atoms with E-state index in [1.165, 1.54) is 6.08 Å². The van der Waals surface area contributed by atoms with Gasteiger partial charge in [-0.05, 0) is 43.8 Å². The van der Waals surface area contributed by atoms with E-state index in [1.807, 2.05) is 0 Å². The summed E-state index contributed by atoms with van der Waals surface area (Å²) in [5.74, 6) is -0.360. The van der Waals surface area contributed by atoms with Gasteiger partial charge in [-0.15, -0.1) is 0 Å². The SMILES string of the molecule is CCC1CN(c2nc(OCC3(CN4CC5CCC(C4)O5)CC3)nc3c(CF)c(C4=CC=C(F)C5SC(N)=C(C#N)C45)ncc23)CCN1. The van der Waals surface area contributed by atoms with Crippen LogP contribution in [0.25, 0.3) is 16.5 Å². The Morgan fingerprint density at radius 1 is 1.21 bits per heavy atom. The molecule has 0 aromatic carbocycles. The zero-order valence-electron chi connectivity index (χ0n) is 26.6. The van der Waals surface area contributed by atoms with Gasteiger partial charge in [0.2, 0.25) is 0 Å². The lowest BCUT2D eigenvalue weighted by Crippen LogP contribution is -2.50. The molecule has 13 heteroatoms. The van der Waals surface area contributed by atoms with Gasteiger partial charge in [-0.25, -0.2) is 8.78 Å². The molecule has 4 aliphatic heterocycles. The highest BCUT2D eigenvalue weighted by Gasteiger charge is 2.47. The fourth-order valence-corrected chi connectivity index (χ4v) is 9.13. The molecule has 2 aromatic heterocycles. The van der Waals surface area contributed by atoms with Gasteiger partial charge >= 0.3 is 6.01 Å². The Balaban J connectivity index is 1.16. The van der Waals surface area contributed by atoms with Crippen molar-refractivity contribution in [3.05, 3.63) is 46.0 Å². The van der Waals surface area contributed by atoms with Gasteiger partial charge in [0.15, 0.2) is 0 Å². The number of halogens is 2. The van der Waals surface area contributed by atoms with Gasteiger partial charge in [0.05, 0.1) is 57.3 Å². The number of thioether (sulfide) groups is 1. The van der Waals surface area contributed by atoms with E-state index in [2.05, 4.69) is 28.1 Å². The van der Waals surface area contributed by atoms with Crippen molar-refractivity contribution in [3.8, 4) is 12.1 Å². The lowest BCUT2D eigenvalue weighted by atomic mass is 9.82. The topological polar surface area (TPSA) is 125 Å². The fraction of sp³-hybridized carbons (Fsp3) is 0.588. The zero-order chi connectivity index (χ0) is 32.3. The Labute approximate surface area is 277 Å². The number of hydrogen-bond donors (Lipinski definition) is 2. The van der Waals surface area contributed by atoms with Gasteiger partial charge in [0.25, 0.3) is 0 Å². The number of piperazine rings is 1. The van der Waals surface area contributed by atoms with E-state index in [-0.39, 0.29) is 39.5 Å². The molecular weight excluding hydrogens is 622 g/mol. The summed E-state index contributed by atoms with van der Waals surface area (Å²) in [6.45, 7) is 6.94. The third kappa shape index (κ3) is 5.67. The molecule has 3 saturated heterocycles. The number of allylic oxidation sites excluding steroid dienone is 4. The molecule has 5 atom stereocenters. The summed E-state index contributed by atoms with van der Waals surface area (Å²) in [5, 5.41) is 13.7. The predicted molar refractivity (Wildman–Crippen MR) is 177 cm³/mol. The van der Waals surface area contributed by atoms with Crippen LogP contribution >= 0.6 is 11.8 Å². The smallest absolute Gasteiger partial charge is 0.318 e. The van der Waals surface area contributed by atoms with Crippen molar-refractivity contribution in [2.45, 2.75) is 69.2 Å². The number of alkyl halides is 1. The molecule has 10 nitrogen and oxygen atoms in total. The maximum atomic E-state index is 15.3. The van der Waals surface area contributed by atoms with E-state index in [9.17, 15) is 9.65 Å². The van der Waals surface area contributed by atoms with E-state index in [4.69, 9.17) is 30.2 Å². The van der Waals surface area contributed by atoms with Crippen molar-refractivity contribution in [2.24, 2.45) is 17.1 Å². The number of morpholine rings is 1. The summed E-state index contributed by atoms with van der Waals surface area (Å²) in [6, 6.07) is 2.67. The maximum Gasteiger partial charge on any atom is 0.318 e. The van der Waals surface area contributed by atoms with Crippen LogP contribution in [0.4, 0.5) is 14.6 Å². The second kappa shape index (κ2) is 12.3. The molecule has 5 unspecified atom stereocenters. The number of pyridine rings is 1. The first-order chi connectivity index (χ1) is 22.9. The van der Waals surface area contributed by atoms with E-state index >= 15 is 4.39 Å². The van der Waals surface area contributed by atoms with Crippen LogP contribution in [0.15, 0.2) is 34.8 Å². The predicted octanol–water partition coefficient (Wildman–Crippen LogP) is 4.38. The first kappa shape index (κ1) is 31.0. The molecule has 47 heavy (non-hydrogen) atoms. The summed E-state index contributed by atoms with van der Waals surface area (Å²) in [5.41, 5.74) is 8.09. The number of likely N-dealkylation sites (tertiary alicyclic amines) is 1. The Hall–Kier alpha value is -3.31. The van der Waals surface area contributed by atoms with Gasteiger partial charge in [-0.3, -0.25) is 9.88 Å². The highest BCUT2D eigenvalue weighted by atomic mass is 32.2. The number of aromatic nitrogens is 3. The van der Waals surface area contributed by atoms with Crippen molar-refractivity contribution in [2.75, 3.05) is 50.8 Å². The summed E-state index contributed by atoms with van der Waals surface area (Å²) < 4.78 is 42.7. The highest BCUT2D eigenvalue weighted by molar-refractivity contribution is 8.04. The maximum absolute atomic E-state index is 15.3. The van der Waals surface area contributed by atoms with Gasteiger partial charge in [-0.1, -0.05) is 24.8 Å². The number of anilines is 1. The van der Waals surface area contributed by atoms with Crippen molar-refractivity contribution in [3.63, 3.8) is 0 Å². The number of nitrogens with two attached hydrogens (primary N) is 1. The minimum absolute atomic E-state index is 0.0440. The molecule has 6 heterocycles. The minimum Gasteiger partial charge on any atom is -0.463 e. The van der Waals surface area contributed by atoms with Crippen LogP contribution in [0, 0.1) is 22.7 Å². The van der Waals surface area contributed by atoms with E-state index < -0.39 is 17.8 Å². The van der Waals surface area contributed by atoms with E-state index in [1.54, 1.807) is 12.3 Å². The van der Waals surface area contributed by atoms with Crippen molar-refractivity contribution in [1.82, 2.24) is 25.2 Å². The van der Waals surface area contributed by atoms with Crippen LogP contribution in [0.2, 0.25) is 0 Å². The molecule has 0 radical (unpaired) electrons. The first-order valence-electron chi connectivity index (χ1n) is 16.8. The van der Waals surface area contributed by atoms with Crippen LogP contribution in [0.5, 0.6) is 6.01 Å². The molecule has 8 rings (SSSR count). The van der Waals surface area contributed by atoms with Gasteiger partial charge < -0.3 is 25.4 Å². The van der Waals surface area contributed by atoms with Crippen LogP contribution < -0.4 is 20.7 Å². The van der Waals surface area contributed by atoms with Crippen LogP contribution in [0.1, 0.15) is 50.3 Å². The van der Waals surface area contributed by atoms with Gasteiger partial charge in [-0.2, -0.15) is 15.2 Å². The molecular formula is C34H40F2N8O2S. The van der Waals surface area contributed by atoms with Crippen molar-refractivity contribution < 1.29 is 18.3 Å². The lowest BCUT2D eigenvalue weighted by Gasteiger charge is -2.35. The third-order valence-electron chi connectivity index (χ3n) is 10.7. The van der Waals surface area contributed by atoms with Crippen LogP contribution in [-0.4, -0.2) is 89.2 Å². The largest absolute Gasteiger partial charge is 0.463 e. The Kier molecular flexibility index (Phi) is 8.10. The number of rotatable bonds is 9. The van der Waals surface area contributed by atoms with Crippen LogP contribution in [0.3, 0.4) is 0 Å². The van der Waals surface area contributed by atoms with Crippen molar-refractivity contribution in [1.29, 1.82) is 5.26 Å². The Morgan fingerprint density at radius 2 is 2.02 bits per heavy atom. The lowest BCUT2D eigenvalue weighted by molar-refractivity contribution is -0.0460. The Bertz CT molecular complexity index is 1710. The second-order valence-electron chi connectivity index (χ2n) is 13.8. The molecule has 3 N–H and O–H groups in total. The molecule has 2 aromatic rings. The zero-order valence-corrected chi connectivity index (χ0v) is 27.4. The molecule has 2 aliphatic carbocycles. The number of nitriles is 1. The average molecular weight is 663 g/mol. The summed E-state index contributed by atoms with van der Waals surface area (Å²) in [4.78, 5) is 19.3. The molecule has 1 saturated carbocycles. The van der Waals surface area contributed by atoms with Gasteiger partial charge in [0, 0.05) is 68.4 Å². The number of nitrogens with zero attached hydrogens (tertiary/aromatic N) is 6. The molecule has 0 amide bonds. The van der Waals surface area contributed by atoms with Crippen LogP contribution in [-0.2, 0) is 11.4 Å². The Morgan fingerprint density at radius 3 is 2.74 bits per heavy atom. The molecule has 2 bridgehead atoms. The standard InChI is InChI=1S/C34H40F2N8O2S/c1-2-19-14-44(10-9-39-19)32-25-13-40-28(22-5-6-26(36)30-27(22)24(12-37)31(38)47-30)23(11-35)29(25)41-33(42-32)45-18-34(7-8-34)17-43-15-20-3-4-21(16-43)46-20/h5-6,13,19-21,27,30,39H,2-4,7-11,14-18,38H2,1H3. The number of fused-ring (bicyclic) bond motifs is 4. The minimum atomic E-state index is -0.854. The second-order valence-corrected chi connectivity index (χ2v) is 15.0. The van der Waals surface area contributed by atoms with Crippen molar-refractivity contribution >= 4 is 34.1 Å². The molecule has 4 fully saturated rings. The normalized spacial score (nSPS) is 29.8. The average Bonchev–Trinajstić information content (AvgIpc) is 3.64. The summed E-state index contributed by atoms with van der Waals surface area (Å²) in [6.07, 6.45) is 10.7. The number of hydrogen-bond acceptors (Lipinski definition) is 11. The summed E-state index contributed by atoms with van der Waals surface area (Å²) in [7, 11) is 0. The molecule has 6 aliphatic rings. The third-order valence-corrected chi connectivity index (χ3v) is 11.9. The fourth-order valence-electron chi connectivity index (χ4n) is 7.95. The van der Waals surface area contributed by atoms with E-state index in [0.29, 0.717) is 46.8 Å². The first-order valence-corrected chi connectivity index (χ1v) is 17.6. The quantitative estimate of drug-likeness (QED) is 0.398. The number of nitrogens with one attached hydrogen (secondary N) is 1. The molecule has 0 spiro atoms. The summed E-state index contributed by atoms with van der Waals surface area (Å²) >= 11 is 1.12. The van der Waals surface area contributed by atoms with E-state index in [0.717, 1.165) is 83.1 Å². The number of ether oxygens (including phenoxy) is 2. The highest BCUT2D eigenvalue weighted by Crippen LogP contribution is 2.52. The van der Waals surface area contributed by atoms with Gasteiger partial charge in [0.1, 0.15) is 18.3 Å².